The summed E-state index contributed by atoms with van der Waals surface area (Å²) in [5.41, 5.74) is 3.79. The summed E-state index contributed by atoms with van der Waals surface area (Å²) in [6.07, 6.45) is 0. The summed E-state index contributed by atoms with van der Waals surface area (Å²) in [6.45, 7) is 0.550. The van der Waals surface area contributed by atoms with Crippen LogP contribution in [0.2, 0.25) is 0 Å². The summed E-state index contributed by atoms with van der Waals surface area (Å²) < 4.78 is 10.5. The van der Waals surface area contributed by atoms with Crippen LogP contribution in [-0.4, -0.2) is 13.1 Å². The molecular weight excluding hydrogens is 300 g/mol. The molecule has 3 aromatic carbocycles. The second-order valence-corrected chi connectivity index (χ2v) is 5.37. The average Bonchev–Trinajstić information content (AvgIpc) is 2.67. The monoisotopic (exact) mass is 318 g/mol. The minimum atomic E-state index is -0.328. The quantitative estimate of drug-likeness (QED) is 0.639. The van der Waals surface area contributed by atoms with Gasteiger partial charge in [0.25, 0.3) is 0 Å². The molecule has 0 aliphatic rings. The maximum atomic E-state index is 11.5. The van der Waals surface area contributed by atoms with Gasteiger partial charge in [-0.25, -0.2) is 4.79 Å². The van der Waals surface area contributed by atoms with Crippen LogP contribution >= 0.6 is 0 Å². The van der Waals surface area contributed by atoms with E-state index in [4.69, 9.17) is 9.47 Å². The third-order valence-corrected chi connectivity index (χ3v) is 3.74. The van der Waals surface area contributed by atoms with E-state index in [1.54, 1.807) is 12.1 Å². The van der Waals surface area contributed by atoms with Crippen molar-refractivity contribution in [2.24, 2.45) is 0 Å². The van der Waals surface area contributed by atoms with E-state index < -0.39 is 0 Å². The smallest absolute Gasteiger partial charge is 0.337 e. The van der Waals surface area contributed by atoms with Crippen molar-refractivity contribution in [3.63, 3.8) is 0 Å². The van der Waals surface area contributed by atoms with E-state index in [0.717, 1.165) is 22.4 Å². The highest BCUT2D eigenvalue weighted by Crippen LogP contribution is 2.23. The van der Waals surface area contributed by atoms with Crippen LogP contribution in [0.15, 0.2) is 78.9 Å². The van der Waals surface area contributed by atoms with Crippen LogP contribution in [0.25, 0.3) is 11.1 Å². The van der Waals surface area contributed by atoms with E-state index in [-0.39, 0.29) is 5.97 Å². The minimum absolute atomic E-state index is 0.328. The average molecular weight is 318 g/mol. The van der Waals surface area contributed by atoms with Gasteiger partial charge in [-0.15, -0.1) is 0 Å². The lowest BCUT2D eigenvalue weighted by atomic mass is 10.0. The molecule has 120 valence electrons. The van der Waals surface area contributed by atoms with E-state index in [0.29, 0.717) is 12.2 Å². The zero-order valence-corrected chi connectivity index (χ0v) is 13.4. The van der Waals surface area contributed by atoms with Crippen molar-refractivity contribution < 1.29 is 14.3 Å². The molecule has 3 nitrogen and oxygen atoms in total. The first-order valence-corrected chi connectivity index (χ1v) is 7.72. The third-order valence-electron chi connectivity index (χ3n) is 3.74. The van der Waals surface area contributed by atoms with Crippen molar-refractivity contribution in [3.05, 3.63) is 90.0 Å². The summed E-state index contributed by atoms with van der Waals surface area (Å²) in [4.78, 5) is 11.5. The van der Waals surface area contributed by atoms with Gasteiger partial charge < -0.3 is 9.47 Å². The second-order valence-electron chi connectivity index (χ2n) is 5.37. The molecule has 0 radical (unpaired) electrons. The fourth-order valence-corrected chi connectivity index (χ4v) is 2.40. The lowest BCUT2D eigenvalue weighted by Gasteiger charge is -2.08. The Morgan fingerprint density at radius 3 is 1.96 bits per heavy atom. The van der Waals surface area contributed by atoms with Gasteiger partial charge in [-0.2, -0.15) is 0 Å². The van der Waals surface area contributed by atoms with Crippen LogP contribution in [0.5, 0.6) is 5.75 Å². The normalized spacial score (nSPS) is 10.2. The van der Waals surface area contributed by atoms with Crippen LogP contribution < -0.4 is 4.74 Å². The molecule has 0 aliphatic heterocycles. The molecule has 0 aromatic heterocycles. The molecule has 0 aliphatic carbocycles. The number of rotatable bonds is 5. The van der Waals surface area contributed by atoms with Gasteiger partial charge in [0.15, 0.2) is 0 Å². The molecule has 0 saturated heterocycles. The number of carbonyl (C=O) groups is 1. The molecular formula is C21H18O3. The highest BCUT2D eigenvalue weighted by molar-refractivity contribution is 5.89. The van der Waals surface area contributed by atoms with E-state index in [9.17, 15) is 4.79 Å². The molecule has 0 fully saturated rings. The van der Waals surface area contributed by atoms with Gasteiger partial charge in [0.05, 0.1) is 12.7 Å². The van der Waals surface area contributed by atoms with Crippen molar-refractivity contribution >= 4 is 5.97 Å². The van der Waals surface area contributed by atoms with Gasteiger partial charge in [0.2, 0.25) is 0 Å². The molecule has 24 heavy (non-hydrogen) atoms. The van der Waals surface area contributed by atoms with Crippen LogP contribution in [-0.2, 0) is 11.3 Å². The van der Waals surface area contributed by atoms with E-state index >= 15 is 0 Å². The minimum Gasteiger partial charge on any atom is -0.489 e. The van der Waals surface area contributed by atoms with Gasteiger partial charge in [-0.05, 0) is 41.0 Å². The number of methoxy groups -OCH3 is 1. The van der Waals surface area contributed by atoms with E-state index in [1.165, 1.54) is 7.11 Å². The van der Waals surface area contributed by atoms with E-state index in [1.807, 2.05) is 66.7 Å². The predicted octanol–water partition coefficient (Wildman–Crippen LogP) is 4.72. The largest absolute Gasteiger partial charge is 0.489 e. The third kappa shape index (κ3) is 3.82. The van der Waals surface area contributed by atoms with Crippen LogP contribution in [0.3, 0.4) is 0 Å². The fourth-order valence-electron chi connectivity index (χ4n) is 2.40. The number of hydrogen-bond donors (Lipinski definition) is 0. The Labute approximate surface area is 141 Å². The Balaban J connectivity index is 1.67. The lowest BCUT2D eigenvalue weighted by molar-refractivity contribution is 0.0601. The maximum Gasteiger partial charge on any atom is 0.337 e. The summed E-state index contributed by atoms with van der Waals surface area (Å²) in [5.74, 6) is 0.500. The topological polar surface area (TPSA) is 35.5 Å². The predicted molar refractivity (Wildman–Crippen MR) is 94.0 cm³/mol. The zero-order valence-electron chi connectivity index (χ0n) is 13.4. The number of esters is 1. The number of benzene rings is 3. The molecule has 3 rings (SSSR count). The van der Waals surface area contributed by atoms with Crippen molar-refractivity contribution in [3.8, 4) is 16.9 Å². The summed E-state index contributed by atoms with van der Waals surface area (Å²) in [6, 6.07) is 25.3. The molecule has 0 heterocycles. The Hall–Kier alpha value is -3.07. The van der Waals surface area contributed by atoms with Crippen LogP contribution in [0.4, 0.5) is 0 Å². The zero-order chi connectivity index (χ0) is 16.8. The summed E-state index contributed by atoms with van der Waals surface area (Å²) in [7, 11) is 1.38. The summed E-state index contributed by atoms with van der Waals surface area (Å²) in [5, 5.41) is 0. The van der Waals surface area contributed by atoms with Crippen molar-refractivity contribution in [2.75, 3.05) is 7.11 Å². The lowest BCUT2D eigenvalue weighted by Crippen LogP contribution is -2.00. The molecule has 0 bridgehead atoms. The van der Waals surface area contributed by atoms with Crippen LogP contribution in [0, 0.1) is 0 Å². The molecule has 0 atom stereocenters. The van der Waals surface area contributed by atoms with Crippen molar-refractivity contribution in [1.29, 1.82) is 0 Å². The molecule has 3 aromatic rings. The number of hydrogen-bond acceptors (Lipinski definition) is 3. The Bertz CT molecular complexity index is 791. The molecule has 0 unspecified atom stereocenters. The van der Waals surface area contributed by atoms with E-state index in [2.05, 4.69) is 0 Å². The van der Waals surface area contributed by atoms with Gasteiger partial charge in [0.1, 0.15) is 12.4 Å². The Kier molecular flexibility index (Phi) is 4.92. The van der Waals surface area contributed by atoms with Gasteiger partial charge in [0, 0.05) is 0 Å². The number of carbonyl (C=O) groups excluding carboxylic acids is 1. The van der Waals surface area contributed by atoms with Crippen LogP contribution in [0.1, 0.15) is 15.9 Å². The molecule has 0 saturated carbocycles. The highest BCUT2D eigenvalue weighted by atomic mass is 16.5. The first-order chi connectivity index (χ1) is 11.8. The van der Waals surface area contributed by atoms with Gasteiger partial charge >= 0.3 is 5.97 Å². The Morgan fingerprint density at radius 1 is 0.792 bits per heavy atom. The van der Waals surface area contributed by atoms with Crippen molar-refractivity contribution in [2.45, 2.75) is 6.61 Å². The van der Waals surface area contributed by atoms with Gasteiger partial charge in [-0.3, -0.25) is 0 Å². The highest BCUT2D eigenvalue weighted by Gasteiger charge is 2.05. The molecule has 0 spiro atoms. The number of ether oxygens (including phenoxy) is 2. The second kappa shape index (κ2) is 7.47. The maximum absolute atomic E-state index is 11.5. The SMILES string of the molecule is COC(=O)c1ccc(-c2ccc(OCc3ccccc3)cc2)cc1. The summed E-state index contributed by atoms with van der Waals surface area (Å²) >= 11 is 0. The standard InChI is InChI=1S/C21H18O3/c1-23-21(22)19-9-7-17(8-10-19)18-11-13-20(14-12-18)24-15-16-5-3-2-4-6-16/h2-14H,15H2,1H3. The molecule has 0 amide bonds. The first-order valence-electron chi connectivity index (χ1n) is 7.72. The fraction of sp³-hybridized carbons (Fsp3) is 0.0952. The first kappa shape index (κ1) is 15.8. The molecule has 0 N–H and O–H groups in total. The van der Waals surface area contributed by atoms with Gasteiger partial charge in [-0.1, -0.05) is 54.6 Å². The Morgan fingerprint density at radius 2 is 1.38 bits per heavy atom. The van der Waals surface area contributed by atoms with Crippen molar-refractivity contribution in [1.82, 2.24) is 0 Å². The molecule has 3 heteroatoms.